The quantitative estimate of drug-likeness (QED) is 0.529. The summed E-state index contributed by atoms with van der Waals surface area (Å²) in [5.74, 6) is -5.77. The van der Waals surface area contributed by atoms with Gasteiger partial charge in [-0.2, -0.15) is 0 Å². The second kappa shape index (κ2) is 9.96. The molecule has 1 unspecified atom stereocenters. The Kier molecular flexibility index (Phi) is 7.15. The predicted octanol–water partition coefficient (Wildman–Crippen LogP) is 3.64. The van der Waals surface area contributed by atoms with E-state index < -0.39 is 48.7 Å². The topological polar surface area (TPSA) is 104 Å². The highest BCUT2D eigenvalue weighted by atomic mass is 35.5. The molecular weight excluding hydrogens is 509 g/mol. The first-order valence-corrected chi connectivity index (χ1v) is 11.8. The standard InChI is InChI=1S/C22H20ClF3N4O4S/c1-2-34-21(33)16-14(9-30-10-22(25,26)8-15(30)20(31)32)28-18(19-27-5-6-35-19)29-17(16)12-4-3-11(24)7-13(12)23/h3-7,15,17H,2,8-10H2,1H3,(H,28,29)(H,31,32)/t15?,17-/m0/s1. The van der Waals surface area contributed by atoms with E-state index in [2.05, 4.69) is 15.3 Å². The highest BCUT2D eigenvalue weighted by molar-refractivity contribution is 7.11. The number of carboxylic acid groups (broad SMARTS) is 1. The van der Waals surface area contributed by atoms with Gasteiger partial charge in [0.15, 0.2) is 10.8 Å². The molecule has 13 heteroatoms. The lowest BCUT2D eigenvalue weighted by molar-refractivity contribution is -0.142. The number of ether oxygens (including phenoxy) is 1. The van der Waals surface area contributed by atoms with E-state index >= 15 is 0 Å². The van der Waals surface area contributed by atoms with Crippen LogP contribution in [0.1, 0.15) is 30.0 Å². The molecule has 0 radical (unpaired) electrons. The van der Waals surface area contributed by atoms with E-state index in [1.54, 1.807) is 12.3 Å². The van der Waals surface area contributed by atoms with Crippen molar-refractivity contribution in [2.24, 2.45) is 4.99 Å². The summed E-state index contributed by atoms with van der Waals surface area (Å²) in [7, 11) is 0. The van der Waals surface area contributed by atoms with Crippen molar-refractivity contribution < 1.29 is 32.6 Å². The van der Waals surface area contributed by atoms with Crippen molar-refractivity contribution in [2.75, 3.05) is 19.7 Å². The third-order valence-electron chi connectivity index (χ3n) is 5.53. The average Bonchev–Trinajstić information content (AvgIpc) is 3.41. The number of carbonyl (C=O) groups excluding carboxylic acids is 1. The summed E-state index contributed by atoms with van der Waals surface area (Å²) in [5.41, 5.74) is 0.365. The lowest BCUT2D eigenvalue weighted by atomic mass is 9.95. The number of aromatic nitrogens is 1. The van der Waals surface area contributed by atoms with E-state index in [1.165, 1.54) is 23.6 Å². The fourth-order valence-corrected chi connectivity index (χ4v) is 4.92. The van der Waals surface area contributed by atoms with E-state index in [0.29, 0.717) is 5.01 Å². The number of nitrogens with one attached hydrogen (secondary N) is 1. The number of thiazole rings is 1. The number of rotatable bonds is 7. The molecule has 0 amide bonds. The number of likely N-dealkylation sites (tertiary alicyclic amines) is 1. The molecule has 8 nitrogen and oxygen atoms in total. The molecule has 1 fully saturated rings. The number of esters is 1. The van der Waals surface area contributed by atoms with Crippen LogP contribution in [0.5, 0.6) is 0 Å². The molecule has 0 bridgehead atoms. The van der Waals surface area contributed by atoms with E-state index in [-0.39, 0.29) is 40.8 Å². The van der Waals surface area contributed by atoms with Gasteiger partial charge in [0.2, 0.25) is 0 Å². The van der Waals surface area contributed by atoms with E-state index in [4.69, 9.17) is 16.3 Å². The lowest BCUT2D eigenvalue weighted by Crippen LogP contribution is -2.43. The van der Waals surface area contributed by atoms with Crippen LogP contribution < -0.4 is 5.32 Å². The number of carboxylic acids is 1. The molecule has 0 aliphatic carbocycles. The largest absolute Gasteiger partial charge is 0.480 e. The Labute approximate surface area is 207 Å². The van der Waals surface area contributed by atoms with Gasteiger partial charge in [-0.3, -0.25) is 14.7 Å². The van der Waals surface area contributed by atoms with Gasteiger partial charge in [0.1, 0.15) is 17.9 Å². The van der Waals surface area contributed by atoms with Crippen molar-refractivity contribution in [2.45, 2.75) is 31.4 Å². The van der Waals surface area contributed by atoms with Crippen LogP contribution in [-0.4, -0.2) is 64.4 Å². The number of aliphatic carboxylic acids is 1. The third-order valence-corrected chi connectivity index (χ3v) is 6.63. The number of benzene rings is 1. The molecular formula is C22H20ClF3N4O4S. The molecule has 0 spiro atoms. The van der Waals surface area contributed by atoms with Gasteiger partial charge >= 0.3 is 11.9 Å². The first kappa shape index (κ1) is 25.1. The van der Waals surface area contributed by atoms with E-state index in [0.717, 1.165) is 17.0 Å². The number of amidine groups is 1. The first-order valence-electron chi connectivity index (χ1n) is 10.5. The number of aliphatic imine (C=N–C) groups is 1. The molecule has 186 valence electrons. The molecule has 1 aromatic carbocycles. The summed E-state index contributed by atoms with van der Waals surface area (Å²) in [4.78, 5) is 34.6. The number of hydrogen-bond acceptors (Lipinski definition) is 8. The Morgan fingerprint density at radius 3 is 2.80 bits per heavy atom. The molecule has 2 aliphatic heterocycles. The van der Waals surface area contributed by atoms with Crippen molar-refractivity contribution in [1.29, 1.82) is 0 Å². The molecule has 4 rings (SSSR count). The number of carbonyl (C=O) groups is 2. The van der Waals surface area contributed by atoms with E-state index in [1.807, 2.05) is 0 Å². The Bertz CT molecular complexity index is 1210. The summed E-state index contributed by atoms with van der Waals surface area (Å²) in [6.07, 6.45) is 0.681. The molecule has 1 saturated heterocycles. The van der Waals surface area contributed by atoms with Gasteiger partial charge < -0.3 is 15.2 Å². The second-order valence-electron chi connectivity index (χ2n) is 7.94. The van der Waals surface area contributed by atoms with Gasteiger partial charge in [-0.05, 0) is 19.1 Å². The zero-order valence-electron chi connectivity index (χ0n) is 18.3. The highest BCUT2D eigenvalue weighted by Gasteiger charge is 2.49. The van der Waals surface area contributed by atoms with Gasteiger partial charge in [0, 0.05) is 40.8 Å². The molecule has 2 aliphatic rings. The molecule has 3 heterocycles. The zero-order valence-corrected chi connectivity index (χ0v) is 19.9. The third kappa shape index (κ3) is 5.34. The summed E-state index contributed by atoms with van der Waals surface area (Å²) in [6, 6.07) is 1.06. The fourth-order valence-electron chi connectivity index (χ4n) is 4.06. The zero-order chi connectivity index (χ0) is 25.3. The molecule has 1 aromatic heterocycles. The highest BCUT2D eigenvalue weighted by Crippen LogP contribution is 2.38. The van der Waals surface area contributed by atoms with Crippen LogP contribution in [0, 0.1) is 5.82 Å². The Balaban J connectivity index is 1.84. The van der Waals surface area contributed by atoms with Gasteiger partial charge in [0.25, 0.3) is 5.92 Å². The van der Waals surface area contributed by atoms with Crippen LogP contribution in [0.2, 0.25) is 5.02 Å². The maximum Gasteiger partial charge on any atom is 0.338 e. The van der Waals surface area contributed by atoms with Crippen molar-refractivity contribution in [3.8, 4) is 0 Å². The normalized spacial score (nSPS) is 22.0. The predicted molar refractivity (Wildman–Crippen MR) is 122 cm³/mol. The Morgan fingerprint density at radius 1 is 1.40 bits per heavy atom. The SMILES string of the molecule is CCOC(=O)C1=C(CN2CC(F)(F)CC2C(=O)O)NC(c2nccs2)=N[C@H]1c1ccc(F)cc1Cl. The van der Waals surface area contributed by atoms with Gasteiger partial charge in [-0.25, -0.2) is 22.9 Å². The van der Waals surface area contributed by atoms with Crippen LogP contribution in [-0.2, 0) is 14.3 Å². The molecule has 35 heavy (non-hydrogen) atoms. The van der Waals surface area contributed by atoms with Crippen molar-refractivity contribution in [3.05, 3.63) is 62.5 Å². The maximum atomic E-state index is 14.1. The maximum absolute atomic E-state index is 14.1. The summed E-state index contributed by atoms with van der Waals surface area (Å²) >= 11 is 7.54. The van der Waals surface area contributed by atoms with Crippen LogP contribution >= 0.6 is 22.9 Å². The van der Waals surface area contributed by atoms with Crippen LogP contribution in [0.15, 0.2) is 46.0 Å². The summed E-state index contributed by atoms with van der Waals surface area (Å²) in [6.45, 7) is 0.472. The minimum atomic E-state index is -3.21. The smallest absolute Gasteiger partial charge is 0.338 e. The van der Waals surface area contributed by atoms with Crippen molar-refractivity contribution in [3.63, 3.8) is 0 Å². The monoisotopic (exact) mass is 528 g/mol. The minimum absolute atomic E-state index is 0.00333. The van der Waals surface area contributed by atoms with Gasteiger partial charge in [-0.1, -0.05) is 17.7 Å². The second-order valence-corrected chi connectivity index (χ2v) is 9.24. The van der Waals surface area contributed by atoms with Crippen molar-refractivity contribution >= 4 is 40.7 Å². The van der Waals surface area contributed by atoms with Gasteiger partial charge in [0.05, 0.1) is 18.7 Å². The average molecular weight is 529 g/mol. The van der Waals surface area contributed by atoms with Crippen LogP contribution in [0.4, 0.5) is 13.2 Å². The number of hydrogen-bond donors (Lipinski definition) is 2. The molecule has 2 N–H and O–H groups in total. The molecule has 2 aromatic rings. The van der Waals surface area contributed by atoms with Crippen molar-refractivity contribution in [1.82, 2.24) is 15.2 Å². The molecule has 0 saturated carbocycles. The number of nitrogens with zero attached hydrogens (tertiary/aromatic N) is 3. The lowest BCUT2D eigenvalue weighted by Gasteiger charge is -2.30. The Morgan fingerprint density at radius 2 is 2.17 bits per heavy atom. The van der Waals surface area contributed by atoms with Gasteiger partial charge in [-0.15, -0.1) is 11.3 Å². The van der Waals surface area contributed by atoms with E-state index in [9.17, 15) is 27.9 Å². The van der Waals surface area contributed by atoms with Crippen LogP contribution in [0.3, 0.4) is 0 Å². The number of halogens is 4. The summed E-state index contributed by atoms with van der Waals surface area (Å²) < 4.78 is 47.3. The molecule has 2 atom stereocenters. The van der Waals surface area contributed by atoms with Crippen LogP contribution in [0.25, 0.3) is 0 Å². The first-order chi connectivity index (χ1) is 16.6. The Hall–Kier alpha value is -2.96. The summed E-state index contributed by atoms with van der Waals surface area (Å²) in [5, 5.41) is 14.6. The number of alkyl halides is 2. The fraction of sp³-hybridized carbons (Fsp3) is 0.364. The minimum Gasteiger partial charge on any atom is -0.480 e.